The summed E-state index contributed by atoms with van der Waals surface area (Å²) in [4.78, 5) is 10.9. The first-order valence-electron chi connectivity index (χ1n) is 4.98. The molecular weight excluding hydrogens is 231 g/mol. The molecule has 1 rings (SSSR count). The van der Waals surface area contributed by atoms with Crippen molar-refractivity contribution >= 4 is 11.9 Å². The molecule has 0 radical (unpaired) electrons. The summed E-state index contributed by atoms with van der Waals surface area (Å²) < 4.78 is 36.3. The first kappa shape index (κ1) is 13.4. The minimum absolute atomic E-state index is 0.344. The standard InChI is InChI=1S/C12H12F3NO/c1-16-8-2-3-9-4-6-10(7-5-9)11(17)12(13,14)15/h2-7,16H,8H2,1H3. The lowest BCUT2D eigenvalue weighted by Crippen LogP contribution is -2.22. The van der Waals surface area contributed by atoms with Crippen LogP contribution in [-0.4, -0.2) is 25.6 Å². The Bertz CT molecular complexity index is 407. The van der Waals surface area contributed by atoms with E-state index in [0.29, 0.717) is 6.54 Å². The monoisotopic (exact) mass is 243 g/mol. The van der Waals surface area contributed by atoms with Gasteiger partial charge < -0.3 is 5.32 Å². The Hall–Kier alpha value is -1.62. The minimum Gasteiger partial charge on any atom is -0.316 e. The fourth-order valence-corrected chi connectivity index (χ4v) is 1.22. The Morgan fingerprint density at radius 1 is 1.29 bits per heavy atom. The summed E-state index contributed by atoms with van der Waals surface area (Å²) in [5, 5.41) is 2.90. The van der Waals surface area contributed by atoms with E-state index in [-0.39, 0.29) is 5.56 Å². The highest BCUT2D eigenvalue weighted by Crippen LogP contribution is 2.21. The van der Waals surface area contributed by atoms with Gasteiger partial charge in [-0.3, -0.25) is 4.79 Å². The number of halogens is 3. The molecular formula is C12H12F3NO. The summed E-state index contributed by atoms with van der Waals surface area (Å²) in [6.07, 6.45) is -1.22. The molecule has 0 heterocycles. The number of alkyl halides is 3. The number of likely N-dealkylation sites (N-methyl/N-ethyl adjacent to an activating group) is 1. The van der Waals surface area contributed by atoms with E-state index in [9.17, 15) is 18.0 Å². The molecule has 1 aromatic carbocycles. The molecule has 5 heteroatoms. The Morgan fingerprint density at radius 2 is 1.88 bits per heavy atom. The average molecular weight is 243 g/mol. The summed E-state index contributed by atoms with van der Waals surface area (Å²) in [5.74, 6) is -1.82. The van der Waals surface area contributed by atoms with Crippen molar-refractivity contribution in [3.8, 4) is 0 Å². The Kier molecular flexibility index (Phi) is 4.45. The molecule has 0 unspecified atom stereocenters. The lowest BCUT2D eigenvalue weighted by atomic mass is 10.1. The highest BCUT2D eigenvalue weighted by Gasteiger charge is 2.38. The van der Waals surface area contributed by atoms with E-state index in [1.807, 2.05) is 6.08 Å². The van der Waals surface area contributed by atoms with Gasteiger partial charge in [0.1, 0.15) is 0 Å². The second-order valence-electron chi connectivity index (χ2n) is 3.41. The molecule has 0 amide bonds. The van der Waals surface area contributed by atoms with Crippen molar-refractivity contribution in [3.05, 3.63) is 41.5 Å². The van der Waals surface area contributed by atoms with Crippen LogP contribution >= 0.6 is 0 Å². The van der Waals surface area contributed by atoms with Crippen molar-refractivity contribution in [1.82, 2.24) is 5.32 Å². The summed E-state index contributed by atoms with van der Waals surface area (Å²) in [5.41, 5.74) is 0.405. The summed E-state index contributed by atoms with van der Waals surface area (Å²) >= 11 is 0. The third-order valence-electron chi connectivity index (χ3n) is 2.06. The highest BCUT2D eigenvalue weighted by atomic mass is 19.4. The van der Waals surface area contributed by atoms with Crippen molar-refractivity contribution in [2.24, 2.45) is 0 Å². The van der Waals surface area contributed by atoms with Crippen molar-refractivity contribution in [3.63, 3.8) is 0 Å². The van der Waals surface area contributed by atoms with Crippen LogP contribution in [0.3, 0.4) is 0 Å². The zero-order chi connectivity index (χ0) is 12.9. The summed E-state index contributed by atoms with van der Waals surface area (Å²) in [6.45, 7) is 0.670. The van der Waals surface area contributed by atoms with Crippen LogP contribution in [0.1, 0.15) is 15.9 Å². The molecule has 0 aromatic heterocycles. The molecule has 0 aliphatic rings. The van der Waals surface area contributed by atoms with E-state index >= 15 is 0 Å². The van der Waals surface area contributed by atoms with Crippen LogP contribution in [0.2, 0.25) is 0 Å². The van der Waals surface area contributed by atoms with Gasteiger partial charge in [-0.1, -0.05) is 36.4 Å². The highest BCUT2D eigenvalue weighted by molar-refractivity contribution is 6.00. The largest absolute Gasteiger partial charge is 0.454 e. The summed E-state index contributed by atoms with van der Waals surface area (Å²) in [7, 11) is 1.79. The van der Waals surface area contributed by atoms with Crippen LogP contribution in [0.4, 0.5) is 13.2 Å². The fraction of sp³-hybridized carbons (Fsp3) is 0.250. The van der Waals surface area contributed by atoms with Gasteiger partial charge in [-0.2, -0.15) is 13.2 Å². The smallest absolute Gasteiger partial charge is 0.316 e. The molecule has 92 valence electrons. The van der Waals surface area contributed by atoms with Gasteiger partial charge in [0, 0.05) is 12.1 Å². The van der Waals surface area contributed by atoms with Crippen molar-refractivity contribution in [2.45, 2.75) is 6.18 Å². The van der Waals surface area contributed by atoms with E-state index in [1.54, 1.807) is 13.1 Å². The number of benzene rings is 1. The van der Waals surface area contributed by atoms with Gasteiger partial charge in [0.25, 0.3) is 5.78 Å². The number of carbonyl (C=O) groups is 1. The number of ketones is 1. The number of hydrogen-bond donors (Lipinski definition) is 1. The number of carbonyl (C=O) groups excluding carboxylic acids is 1. The quantitative estimate of drug-likeness (QED) is 0.824. The van der Waals surface area contributed by atoms with E-state index in [0.717, 1.165) is 5.56 Å². The second-order valence-corrected chi connectivity index (χ2v) is 3.41. The minimum atomic E-state index is -4.82. The van der Waals surface area contributed by atoms with Gasteiger partial charge in [0.2, 0.25) is 0 Å². The molecule has 0 fully saturated rings. The topological polar surface area (TPSA) is 29.1 Å². The van der Waals surface area contributed by atoms with Crippen LogP contribution in [0.15, 0.2) is 30.3 Å². The SMILES string of the molecule is CNCC=Cc1ccc(C(=O)C(F)(F)F)cc1. The van der Waals surface area contributed by atoms with E-state index in [1.165, 1.54) is 24.3 Å². The van der Waals surface area contributed by atoms with E-state index in [4.69, 9.17) is 0 Å². The van der Waals surface area contributed by atoms with Crippen LogP contribution in [-0.2, 0) is 0 Å². The molecule has 0 atom stereocenters. The van der Waals surface area contributed by atoms with Crippen LogP contribution in [0.5, 0.6) is 0 Å². The fourth-order valence-electron chi connectivity index (χ4n) is 1.22. The van der Waals surface area contributed by atoms with Gasteiger partial charge in [0.15, 0.2) is 0 Å². The third kappa shape index (κ3) is 4.03. The predicted octanol–water partition coefficient (Wildman–Crippen LogP) is 2.66. The second kappa shape index (κ2) is 5.63. The van der Waals surface area contributed by atoms with Crippen molar-refractivity contribution < 1.29 is 18.0 Å². The van der Waals surface area contributed by atoms with E-state index < -0.39 is 12.0 Å². The molecule has 0 spiro atoms. The predicted molar refractivity (Wildman–Crippen MR) is 59.8 cm³/mol. The molecule has 0 aliphatic heterocycles. The zero-order valence-electron chi connectivity index (χ0n) is 9.21. The maximum Gasteiger partial charge on any atom is 0.454 e. The van der Waals surface area contributed by atoms with Gasteiger partial charge in [-0.15, -0.1) is 0 Å². The molecule has 2 nitrogen and oxygen atoms in total. The molecule has 0 aliphatic carbocycles. The maximum absolute atomic E-state index is 12.1. The van der Waals surface area contributed by atoms with Crippen LogP contribution in [0.25, 0.3) is 6.08 Å². The first-order chi connectivity index (χ1) is 7.95. The van der Waals surface area contributed by atoms with Crippen LogP contribution < -0.4 is 5.32 Å². The lowest BCUT2D eigenvalue weighted by molar-refractivity contribution is -0.0885. The Balaban J connectivity index is 2.78. The summed E-state index contributed by atoms with van der Waals surface area (Å²) in [6, 6.07) is 5.31. The normalized spacial score (nSPS) is 12.0. The van der Waals surface area contributed by atoms with Crippen molar-refractivity contribution in [1.29, 1.82) is 0 Å². The van der Waals surface area contributed by atoms with Gasteiger partial charge in [-0.05, 0) is 12.6 Å². The zero-order valence-corrected chi connectivity index (χ0v) is 9.21. The van der Waals surface area contributed by atoms with Gasteiger partial charge in [-0.25, -0.2) is 0 Å². The van der Waals surface area contributed by atoms with Crippen molar-refractivity contribution in [2.75, 3.05) is 13.6 Å². The molecule has 17 heavy (non-hydrogen) atoms. The molecule has 0 saturated carbocycles. The molecule has 1 aromatic rings. The third-order valence-corrected chi connectivity index (χ3v) is 2.06. The maximum atomic E-state index is 12.1. The van der Waals surface area contributed by atoms with E-state index in [2.05, 4.69) is 5.32 Å². The van der Waals surface area contributed by atoms with Gasteiger partial charge in [0.05, 0.1) is 0 Å². The Morgan fingerprint density at radius 3 is 2.35 bits per heavy atom. The number of rotatable bonds is 4. The van der Waals surface area contributed by atoms with Gasteiger partial charge >= 0.3 is 6.18 Å². The van der Waals surface area contributed by atoms with Crippen LogP contribution in [0, 0.1) is 0 Å². The number of nitrogens with one attached hydrogen (secondary N) is 1. The Labute approximate surface area is 97.1 Å². The average Bonchev–Trinajstić information content (AvgIpc) is 2.28. The molecule has 1 N–H and O–H groups in total. The number of Topliss-reactive ketones (excluding diaryl/α,β-unsaturated/α-hetero) is 1. The molecule has 0 bridgehead atoms. The number of hydrogen-bond acceptors (Lipinski definition) is 2. The lowest BCUT2D eigenvalue weighted by Gasteiger charge is -2.04. The first-order valence-corrected chi connectivity index (χ1v) is 4.98. The molecule has 0 saturated heterocycles.